The van der Waals surface area contributed by atoms with Crippen molar-refractivity contribution in [2.24, 2.45) is 0 Å². The van der Waals surface area contributed by atoms with Crippen LogP contribution in [-0.4, -0.2) is 63.7 Å². The Morgan fingerprint density at radius 2 is 1.83 bits per heavy atom. The van der Waals surface area contributed by atoms with Gasteiger partial charge in [0.2, 0.25) is 15.8 Å². The second kappa shape index (κ2) is 6.94. The van der Waals surface area contributed by atoms with Crippen molar-refractivity contribution in [3.05, 3.63) is 55.1 Å². The zero-order chi connectivity index (χ0) is 19.8. The van der Waals surface area contributed by atoms with E-state index in [1.165, 1.54) is 10.5 Å². The molecule has 0 bridgehead atoms. The van der Waals surface area contributed by atoms with Gasteiger partial charge in [-0.15, -0.1) is 15.3 Å². The van der Waals surface area contributed by atoms with Gasteiger partial charge in [0.15, 0.2) is 11.4 Å². The minimum absolute atomic E-state index is 0.209. The molecule has 148 valence electrons. The quantitative estimate of drug-likeness (QED) is 0.494. The summed E-state index contributed by atoms with van der Waals surface area (Å²) in [5.41, 5.74) is 0.609. The van der Waals surface area contributed by atoms with Crippen molar-refractivity contribution in [3.63, 3.8) is 0 Å². The lowest BCUT2D eigenvalue weighted by molar-refractivity contribution is 0.383. The van der Waals surface area contributed by atoms with Gasteiger partial charge in [-0.1, -0.05) is 0 Å². The minimum atomic E-state index is -3.54. The van der Waals surface area contributed by atoms with E-state index in [0.29, 0.717) is 43.4 Å². The second-order valence-corrected chi connectivity index (χ2v) is 8.48. The Morgan fingerprint density at radius 3 is 2.55 bits per heavy atom. The molecule has 5 rings (SSSR count). The molecule has 0 aromatic carbocycles. The first-order valence-corrected chi connectivity index (χ1v) is 10.5. The van der Waals surface area contributed by atoms with Crippen molar-refractivity contribution in [2.75, 3.05) is 31.1 Å². The molecule has 0 saturated carbocycles. The standard InChI is InChI=1S/C18H17N7O3S/c26-29(27,14-3-1-7-19-13-14)24-10-8-23(9-11-24)17-6-5-16-20-21-18(25(16)22-17)15-4-2-12-28-15/h1-7,12-13H,8-11H2. The zero-order valence-electron chi connectivity index (χ0n) is 15.3. The highest BCUT2D eigenvalue weighted by Crippen LogP contribution is 2.22. The molecule has 10 nitrogen and oxygen atoms in total. The molecule has 0 spiro atoms. The average molecular weight is 411 g/mol. The monoisotopic (exact) mass is 411 g/mol. The van der Waals surface area contributed by atoms with Crippen molar-refractivity contribution in [2.45, 2.75) is 4.90 Å². The molecule has 0 unspecified atom stereocenters. The summed E-state index contributed by atoms with van der Waals surface area (Å²) >= 11 is 0. The summed E-state index contributed by atoms with van der Waals surface area (Å²) in [5, 5.41) is 12.9. The van der Waals surface area contributed by atoms with Crippen LogP contribution in [0.15, 0.2) is 64.4 Å². The Kier molecular flexibility index (Phi) is 4.25. The number of pyridine rings is 1. The number of sulfonamides is 1. The van der Waals surface area contributed by atoms with Gasteiger partial charge in [0.1, 0.15) is 10.7 Å². The van der Waals surface area contributed by atoms with Crippen LogP contribution in [0.1, 0.15) is 0 Å². The van der Waals surface area contributed by atoms with Crippen LogP contribution >= 0.6 is 0 Å². The second-order valence-electron chi connectivity index (χ2n) is 6.54. The van der Waals surface area contributed by atoms with Crippen LogP contribution in [0.25, 0.3) is 17.2 Å². The first-order chi connectivity index (χ1) is 14.1. The summed E-state index contributed by atoms with van der Waals surface area (Å²) in [6.07, 6.45) is 4.50. The molecule has 0 amide bonds. The molecule has 1 fully saturated rings. The summed E-state index contributed by atoms with van der Waals surface area (Å²) in [4.78, 5) is 6.16. The van der Waals surface area contributed by atoms with E-state index in [9.17, 15) is 8.42 Å². The molecule has 0 atom stereocenters. The van der Waals surface area contributed by atoms with Crippen molar-refractivity contribution in [3.8, 4) is 11.6 Å². The summed E-state index contributed by atoms with van der Waals surface area (Å²) in [6, 6.07) is 10.5. The lowest BCUT2D eigenvalue weighted by Gasteiger charge is -2.34. The Morgan fingerprint density at radius 1 is 0.966 bits per heavy atom. The first-order valence-electron chi connectivity index (χ1n) is 9.04. The van der Waals surface area contributed by atoms with Gasteiger partial charge in [0.05, 0.1) is 6.26 Å². The van der Waals surface area contributed by atoms with Crippen molar-refractivity contribution in [1.82, 2.24) is 29.1 Å². The Hall–Kier alpha value is -3.31. The largest absolute Gasteiger partial charge is 0.461 e. The van der Waals surface area contributed by atoms with Gasteiger partial charge in [0.25, 0.3) is 0 Å². The number of furan rings is 1. The molecule has 5 heterocycles. The predicted octanol–water partition coefficient (Wildman–Crippen LogP) is 1.29. The summed E-state index contributed by atoms with van der Waals surface area (Å²) in [6.45, 7) is 1.78. The fraction of sp³-hybridized carbons (Fsp3) is 0.222. The van der Waals surface area contributed by atoms with Gasteiger partial charge < -0.3 is 9.32 Å². The summed E-state index contributed by atoms with van der Waals surface area (Å²) in [5.74, 6) is 1.82. The fourth-order valence-corrected chi connectivity index (χ4v) is 4.70. The summed E-state index contributed by atoms with van der Waals surface area (Å²) in [7, 11) is -3.54. The van der Waals surface area contributed by atoms with E-state index in [4.69, 9.17) is 4.42 Å². The van der Waals surface area contributed by atoms with Gasteiger partial charge in [-0.25, -0.2) is 8.42 Å². The van der Waals surface area contributed by atoms with E-state index >= 15 is 0 Å². The number of piperazine rings is 1. The Bertz CT molecular complexity index is 1230. The molecule has 11 heteroatoms. The Balaban J connectivity index is 1.37. The highest BCUT2D eigenvalue weighted by molar-refractivity contribution is 7.89. The maximum Gasteiger partial charge on any atom is 0.244 e. The maximum absolute atomic E-state index is 12.8. The Labute approximate surface area is 166 Å². The van der Waals surface area contributed by atoms with Gasteiger partial charge in [0, 0.05) is 38.6 Å². The van der Waals surface area contributed by atoms with Crippen molar-refractivity contribution in [1.29, 1.82) is 0 Å². The third-order valence-corrected chi connectivity index (χ3v) is 6.71. The number of rotatable bonds is 4. The van der Waals surface area contributed by atoms with Crippen LogP contribution in [0.4, 0.5) is 5.82 Å². The van der Waals surface area contributed by atoms with E-state index in [0.717, 1.165) is 5.82 Å². The molecule has 4 aromatic heterocycles. The van der Waals surface area contributed by atoms with Crippen LogP contribution in [0.2, 0.25) is 0 Å². The molecule has 1 saturated heterocycles. The number of nitrogens with zero attached hydrogens (tertiary/aromatic N) is 7. The van der Waals surface area contributed by atoms with Crippen LogP contribution in [0.5, 0.6) is 0 Å². The van der Waals surface area contributed by atoms with E-state index in [-0.39, 0.29) is 4.90 Å². The number of fused-ring (bicyclic) bond motifs is 1. The molecular formula is C18H17N7O3S. The van der Waals surface area contributed by atoms with E-state index in [1.54, 1.807) is 41.2 Å². The first kappa shape index (κ1) is 17.8. The predicted molar refractivity (Wildman–Crippen MR) is 104 cm³/mol. The molecule has 4 aromatic rings. The fourth-order valence-electron chi connectivity index (χ4n) is 3.31. The van der Waals surface area contributed by atoms with Gasteiger partial charge in [-0.3, -0.25) is 4.98 Å². The number of hydrogen-bond donors (Lipinski definition) is 0. The highest BCUT2D eigenvalue weighted by atomic mass is 32.2. The zero-order valence-corrected chi connectivity index (χ0v) is 16.1. The van der Waals surface area contributed by atoms with E-state index in [1.807, 2.05) is 17.0 Å². The molecule has 1 aliphatic heterocycles. The van der Waals surface area contributed by atoms with Crippen LogP contribution < -0.4 is 4.90 Å². The minimum Gasteiger partial charge on any atom is -0.461 e. The molecule has 0 aliphatic carbocycles. The molecule has 0 N–H and O–H groups in total. The lowest BCUT2D eigenvalue weighted by atomic mass is 10.3. The average Bonchev–Trinajstić information content (AvgIpc) is 3.43. The third-order valence-electron chi connectivity index (χ3n) is 4.83. The van der Waals surface area contributed by atoms with Gasteiger partial charge >= 0.3 is 0 Å². The molecule has 29 heavy (non-hydrogen) atoms. The molecule has 1 aliphatic rings. The van der Waals surface area contributed by atoms with Crippen LogP contribution in [0, 0.1) is 0 Å². The number of hydrogen-bond acceptors (Lipinski definition) is 8. The van der Waals surface area contributed by atoms with Crippen molar-refractivity contribution < 1.29 is 12.8 Å². The SMILES string of the molecule is O=S(=O)(c1cccnc1)N1CCN(c2ccc3nnc(-c4ccco4)n3n2)CC1. The third kappa shape index (κ3) is 3.13. The van der Waals surface area contributed by atoms with Crippen molar-refractivity contribution >= 4 is 21.5 Å². The summed E-state index contributed by atoms with van der Waals surface area (Å²) < 4.78 is 34.1. The topological polar surface area (TPSA) is 110 Å². The van der Waals surface area contributed by atoms with Gasteiger partial charge in [-0.2, -0.15) is 8.82 Å². The van der Waals surface area contributed by atoms with Crippen LogP contribution in [-0.2, 0) is 10.0 Å². The molecule has 0 radical (unpaired) electrons. The van der Waals surface area contributed by atoms with Crippen LogP contribution in [0.3, 0.4) is 0 Å². The molecular weight excluding hydrogens is 394 g/mol. The van der Waals surface area contributed by atoms with E-state index in [2.05, 4.69) is 20.3 Å². The lowest BCUT2D eigenvalue weighted by Crippen LogP contribution is -2.49. The smallest absolute Gasteiger partial charge is 0.244 e. The highest BCUT2D eigenvalue weighted by Gasteiger charge is 2.29. The normalized spacial score (nSPS) is 15.8. The number of aromatic nitrogens is 5. The van der Waals surface area contributed by atoms with E-state index < -0.39 is 10.0 Å². The van der Waals surface area contributed by atoms with Gasteiger partial charge in [-0.05, 0) is 36.4 Å². The number of anilines is 1. The maximum atomic E-state index is 12.8.